The first-order valence-corrected chi connectivity index (χ1v) is 5.66. The number of unbranched alkanes of at least 4 members (excludes halogenated alkanes) is 1. The van der Waals surface area contributed by atoms with Gasteiger partial charge < -0.3 is 24.7 Å². The average molecular weight is 233 g/mol. The van der Waals surface area contributed by atoms with Gasteiger partial charge in [0.25, 0.3) is 0 Å². The number of carbonyl (C=O) groups excluding carboxylic acids is 1. The van der Waals surface area contributed by atoms with Crippen LogP contribution in [0.1, 0.15) is 19.3 Å². The zero-order chi connectivity index (χ0) is 12.1. The van der Waals surface area contributed by atoms with Gasteiger partial charge in [-0.2, -0.15) is 0 Å². The first kappa shape index (κ1) is 15.5. The Bertz CT molecular complexity index is 155. The molecule has 1 atom stereocenters. The maximum absolute atomic E-state index is 10.2. The molecule has 96 valence electrons. The van der Waals surface area contributed by atoms with Crippen molar-refractivity contribution in [1.82, 2.24) is 0 Å². The van der Waals surface area contributed by atoms with Crippen molar-refractivity contribution in [2.45, 2.75) is 25.3 Å². The molecule has 2 N–H and O–H groups in total. The van der Waals surface area contributed by atoms with E-state index in [1.165, 1.54) is 0 Å². The van der Waals surface area contributed by atoms with Gasteiger partial charge in [0.15, 0.2) is 0 Å². The summed E-state index contributed by atoms with van der Waals surface area (Å²) in [5.74, 6) is 0. The van der Waals surface area contributed by atoms with Crippen LogP contribution in [-0.4, -0.2) is 52.5 Å². The number of hydrogen-bond acceptors (Lipinski definition) is 5. The summed E-state index contributed by atoms with van der Waals surface area (Å²) >= 11 is 0. The molecule has 0 radical (unpaired) electrons. The smallest absolute Gasteiger partial charge is 0.136 e. The minimum Gasteiger partial charge on any atom is -0.382 e. The first-order valence-electron chi connectivity index (χ1n) is 5.66. The maximum Gasteiger partial charge on any atom is 0.136 e. The molecule has 1 unspecified atom stereocenters. The summed E-state index contributed by atoms with van der Waals surface area (Å²) in [4.78, 5) is 10.2. The highest BCUT2D eigenvalue weighted by atomic mass is 16.5. The third kappa shape index (κ3) is 11.6. The number of nitrogens with two attached hydrogens (primary N) is 1. The summed E-state index contributed by atoms with van der Waals surface area (Å²) in [5, 5.41) is 0. The topological polar surface area (TPSA) is 70.8 Å². The van der Waals surface area contributed by atoms with E-state index in [9.17, 15) is 4.79 Å². The highest BCUT2D eigenvalue weighted by Crippen LogP contribution is 1.97. The lowest BCUT2D eigenvalue weighted by Crippen LogP contribution is -2.21. The van der Waals surface area contributed by atoms with Gasteiger partial charge in [-0.15, -0.1) is 0 Å². The van der Waals surface area contributed by atoms with Crippen LogP contribution in [-0.2, 0) is 19.0 Å². The van der Waals surface area contributed by atoms with E-state index < -0.39 is 0 Å². The third-order valence-corrected chi connectivity index (χ3v) is 2.05. The van der Waals surface area contributed by atoms with E-state index in [2.05, 4.69) is 0 Å². The van der Waals surface area contributed by atoms with Crippen LogP contribution in [0.25, 0.3) is 0 Å². The molecule has 0 bridgehead atoms. The molecule has 16 heavy (non-hydrogen) atoms. The number of ether oxygens (including phenoxy) is 3. The van der Waals surface area contributed by atoms with Crippen LogP contribution in [0.2, 0.25) is 0 Å². The second kappa shape index (κ2) is 12.6. The van der Waals surface area contributed by atoms with Crippen LogP contribution in [0, 0.1) is 0 Å². The molecule has 0 aliphatic rings. The predicted molar refractivity (Wildman–Crippen MR) is 61.4 cm³/mol. The monoisotopic (exact) mass is 233 g/mol. The van der Waals surface area contributed by atoms with Crippen molar-refractivity contribution in [2.24, 2.45) is 5.73 Å². The Morgan fingerprint density at radius 3 is 2.31 bits per heavy atom. The number of methoxy groups -OCH3 is 1. The van der Waals surface area contributed by atoms with Crippen molar-refractivity contribution in [3.8, 4) is 0 Å². The Morgan fingerprint density at radius 1 is 1.06 bits per heavy atom. The Hall–Kier alpha value is -0.490. The van der Waals surface area contributed by atoms with E-state index in [0.717, 1.165) is 25.5 Å². The molecule has 0 amide bonds. The van der Waals surface area contributed by atoms with Crippen molar-refractivity contribution in [3.05, 3.63) is 0 Å². The molecule has 0 fully saturated rings. The molecule has 0 aliphatic heterocycles. The molecule has 0 spiro atoms. The predicted octanol–water partition coefficient (Wildman–Crippen LogP) is 0.363. The van der Waals surface area contributed by atoms with Gasteiger partial charge in [0.05, 0.1) is 32.5 Å². The Kier molecular flexibility index (Phi) is 12.2. The Morgan fingerprint density at radius 2 is 1.69 bits per heavy atom. The van der Waals surface area contributed by atoms with Gasteiger partial charge in [0.1, 0.15) is 6.29 Å². The summed E-state index contributed by atoms with van der Waals surface area (Å²) in [6.45, 7) is 3.11. The fourth-order valence-corrected chi connectivity index (χ4v) is 1.12. The van der Waals surface area contributed by atoms with E-state index in [4.69, 9.17) is 19.9 Å². The number of hydrogen-bond donors (Lipinski definition) is 1. The standard InChI is InChI=1S/C11H23NO4/c1-14-6-7-16-9-8-15-5-3-2-4-11(12)10-13/h10-11H,2-9,12H2,1H3. The van der Waals surface area contributed by atoms with Gasteiger partial charge >= 0.3 is 0 Å². The Labute approximate surface area is 97.2 Å². The van der Waals surface area contributed by atoms with Gasteiger partial charge in [0.2, 0.25) is 0 Å². The summed E-state index contributed by atoms with van der Waals surface area (Å²) in [7, 11) is 1.64. The van der Waals surface area contributed by atoms with Crippen LogP contribution in [0.15, 0.2) is 0 Å². The summed E-state index contributed by atoms with van der Waals surface area (Å²) in [6.07, 6.45) is 3.37. The maximum atomic E-state index is 10.2. The minimum atomic E-state index is -0.322. The molecule has 5 heteroatoms. The second-order valence-corrected chi connectivity index (χ2v) is 3.51. The SMILES string of the molecule is COCCOCCOCCCCC(N)C=O. The summed E-state index contributed by atoms with van der Waals surface area (Å²) in [6, 6.07) is -0.322. The zero-order valence-corrected chi connectivity index (χ0v) is 10.0. The number of aldehydes is 1. The third-order valence-electron chi connectivity index (χ3n) is 2.05. The van der Waals surface area contributed by atoms with E-state index in [1.807, 2.05) is 0 Å². The van der Waals surface area contributed by atoms with E-state index in [1.54, 1.807) is 7.11 Å². The van der Waals surface area contributed by atoms with Crippen LogP contribution in [0.5, 0.6) is 0 Å². The fourth-order valence-electron chi connectivity index (χ4n) is 1.12. The lowest BCUT2D eigenvalue weighted by Gasteiger charge is -2.06. The van der Waals surface area contributed by atoms with Gasteiger partial charge in [-0.25, -0.2) is 0 Å². The van der Waals surface area contributed by atoms with Crippen LogP contribution in [0.4, 0.5) is 0 Å². The van der Waals surface area contributed by atoms with Crippen LogP contribution >= 0.6 is 0 Å². The van der Waals surface area contributed by atoms with Crippen molar-refractivity contribution < 1.29 is 19.0 Å². The highest BCUT2D eigenvalue weighted by Gasteiger charge is 1.98. The molecule has 0 heterocycles. The van der Waals surface area contributed by atoms with Crippen LogP contribution in [0.3, 0.4) is 0 Å². The van der Waals surface area contributed by atoms with Gasteiger partial charge in [-0.05, 0) is 19.3 Å². The second-order valence-electron chi connectivity index (χ2n) is 3.51. The minimum absolute atomic E-state index is 0.322. The molecular weight excluding hydrogens is 210 g/mol. The van der Waals surface area contributed by atoms with Crippen molar-refractivity contribution in [1.29, 1.82) is 0 Å². The molecule has 0 aromatic carbocycles. The van der Waals surface area contributed by atoms with E-state index in [0.29, 0.717) is 33.0 Å². The highest BCUT2D eigenvalue weighted by molar-refractivity contribution is 5.56. The van der Waals surface area contributed by atoms with Gasteiger partial charge in [-0.3, -0.25) is 0 Å². The van der Waals surface area contributed by atoms with E-state index in [-0.39, 0.29) is 6.04 Å². The number of carbonyl (C=O) groups is 1. The van der Waals surface area contributed by atoms with Crippen molar-refractivity contribution in [2.75, 3.05) is 40.1 Å². The number of rotatable bonds is 12. The molecule has 0 saturated carbocycles. The van der Waals surface area contributed by atoms with Crippen molar-refractivity contribution in [3.63, 3.8) is 0 Å². The lowest BCUT2D eigenvalue weighted by molar-refractivity contribution is -0.109. The first-order chi connectivity index (χ1) is 7.81. The van der Waals surface area contributed by atoms with Crippen LogP contribution < -0.4 is 5.73 Å². The van der Waals surface area contributed by atoms with Gasteiger partial charge in [0, 0.05) is 13.7 Å². The summed E-state index contributed by atoms with van der Waals surface area (Å²) in [5.41, 5.74) is 5.44. The zero-order valence-electron chi connectivity index (χ0n) is 10.0. The summed E-state index contributed by atoms with van der Waals surface area (Å²) < 4.78 is 15.4. The van der Waals surface area contributed by atoms with Crippen molar-refractivity contribution >= 4 is 6.29 Å². The molecule has 0 rings (SSSR count). The molecule has 0 aromatic rings. The molecule has 5 nitrogen and oxygen atoms in total. The fraction of sp³-hybridized carbons (Fsp3) is 0.909. The molecule has 0 aliphatic carbocycles. The normalized spacial score (nSPS) is 12.6. The van der Waals surface area contributed by atoms with Gasteiger partial charge in [-0.1, -0.05) is 0 Å². The van der Waals surface area contributed by atoms with E-state index >= 15 is 0 Å². The molecule has 0 aromatic heterocycles. The Balaban J connectivity index is 2.96. The average Bonchev–Trinajstić information content (AvgIpc) is 2.31. The molecular formula is C11H23NO4. The lowest BCUT2D eigenvalue weighted by atomic mass is 10.1. The molecule has 0 saturated heterocycles. The largest absolute Gasteiger partial charge is 0.382 e. The quantitative estimate of drug-likeness (QED) is 0.389.